The zero-order chi connectivity index (χ0) is 9.26. The van der Waals surface area contributed by atoms with Crippen LogP contribution in [0.2, 0.25) is 0 Å². The zero-order valence-electron chi connectivity index (χ0n) is 8.29. The summed E-state index contributed by atoms with van der Waals surface area (Å²) in [5.41, 5.74) is 0. The number of fused-ring (bicyclic) bond motifs is 2. The number of ether oxygens (including phenoxy) is 1. The number of hydrogen-bond acceptors (Lipinski definition) is 2. The Labute approximate surface area is 79.7 Å². The fourth-order valence-corrected chi connectivity index (χ4v) is 3.09. The highest BCUT2D eigenvalue weighted by molar-refractivity contribution is 5.72. The van der Waals surface area contributed by atoms with Crippen molar-refractivity contribution in [3.05, 3.63) is 0 Å². The quantitative estimate of drug-likeness (QED) is 0.582. The van der Waals surface area contributed by atoms with Crippen LogP contribution < -0.4 is 0 Å². The largest absolute Gasteiger partial charge is 0.469 e. The molecule has 0 heterocycles. The lowest BCUT2D eigenvalue weighted by atomic mass is 9.68. The maximum absolute atomic E-state index is 11.4. The van der Waals surface area contributed by atoms with Gasteiger partial charge in [0.1, 0.15) is 0 Å². The third-order valence-electron chi connectivity index (χ3n) is 3.66. The van der Waals surface area contributed by atoms with E-state index >= 15 is 0 Å². The molecule has 13 heavy (non-hydrogen) atoms. The van der Waals surface area contributed by atoms with Crippen molar-refractivity contribution < 1.29 is 9.53 Å². The van der Waals surface area contributed by atoms with E-state index in [1.807, 2.05) is 0 Å². The average Bonchev–Trinajstić information content (AvgIpc) is 2.16. The summed E-state index contributed by atoms with van der Waals surface area (Å²) >= 11 is 0. The fraction of sp³-hybridized carbons (Fsp3) is 0.909. The predicted octanol–water partition coefficient (Wildman–Crippen LogP) is 2.38. The van der Waals surface area contributed by atoms with E-state index in [2.05, 4.69) is 0 Å². The molecule has 2 nitrogen and oxygen atoms in total. The van der Waals surface area contributed by atoms with Gasteiger partial charge in [-0.25, -0.2) is 0 Å². The number of esters is 1. The molecule has 2 bridgehead atoms. The summed E-state index contributed by atoms with van der Waals surface area (Å²) in [7, 11) is 1.51. The molecular weight excluding hydrogens is 164 g/mol. The molecule has 2 rings (SSSR count). The SMILES string of the molecule is COC(=O)C1C[C@H]2CCC[C@@H](C1)C2. The van der Waals surface area contributed by atoms with Gasteiger partial charge in [0.25, 0.3) is 0 Å². The molecule has 2 saturated carbocycles. The van der Waals surface area contributed by atoms with Gasteiger partial charge >= 0.3 is 5.97 Å². The van der Waals surface area contributed by atoms with Gasteiger partial charge in [0.2, 0.25) is 0 Å². The summed E-state index contributed by atoms with van der Waals surface area (Å²) in [6.07, 6.45) is 7.59. The van der Waals surface area contributed by atoms with E-state index in [0.29, 0.717) is 0 Å². The Balaban J connectivity index is 1.97. The van der Waals surface area contributed by atoms with Crippen molar-refractivity contribution in [1.29, 1.82) is 0 Å². The van der Waals surface area contributed by atoms with Crippen molar-refractivity contribution in [2.75, 3.05) is 7.11 Å². The van der Waals surface area contributed by atoms with E-state index in [4.69, 9.17) is 4.74 Å². The molecule has 2 fully saturated rings. The standard InChI is InChI=1S/C11H18O2/c1-13-11(12)10-6-8-3-2-4-9(5-8)7-10/h8-10H,2-7H2,1H3/t8-,9+,10?. The van der Waals surface area contributed by atoms with Gasteiger partial charge in [0.15, 0.2) is 0 Å². The predicted molar refractivity (Wildman–Crippen MR) is 50.2 cm³/mol. The van der Waals surface area contributed by atoms with Gasteiger partial charge in [0.05, 0.1) is 13.0 Å². The minimum atomic E-state index is 0.0246. The van der Waals surface area contributed by atoms with E-state index < -0.39 is 0 Å². The van der Waals surface area contributed by atoms with Crippen molar-refractivity contribution >= 4 is 5.97 Å². The number of rotatable bonds is 1. The summed E-state index contributed by atoms with van der Waals surface area (Å²) in [4.78, 5) is 11.4. The lowest BCUT2D eigenvalue weighted by Crippen LogP contribution is -2.31. The van der Waals surface area contributed by atoms with Gasteiger partial charge in [-0.15, -0.1) is 0 Å². The first-order valence-electron chi connectivity index (χ1n) is 5.37. The number of carbonyl (C=O) groups excluding carboxylic acids is 1. The fourth-order valence-electron chi connectivity index (χ4n) is 3.09. The van der Waals surface area contributed by atoms with Crippen LogP contribution in [-0.4, -0.2) is 13.1 Å². The van der Waals surface area contributed by atoms with Gasteiger partial charge < -0.3 is 4.74 Å². The summed E-state index contributed by atoms with van der Waals surface area (Å²) in [6, 6.07) is 0. The smallest absolute Gasteiger partial charge is 0.308 e. The molecule has 0 aromatic heterocycles. The highest BCUT2D eigenvalue weighted by Gasteiger charge is 2.35. The van der Waals surface area contributed by atoms with Crippen LogP contribution >= 0.6 is 0 Å². The van der Waals surface area contributed by atoms with Crippen LogP contribution in [0.4, 0.5) is 0 Å². The van der Waals surface area contributed by atoms with Crippen LogP contribution in [0.3, 0.4) is 0 Å². The van der Waals surface area contributed by atoms with Gasteiger partial charge in [-0.05, 0) is 31.1 Å². The number of hydrogen-bond donors (Lipinski definition) is 0. The Bertz CT molecular complexity index is 188. The first kappa shape index (κ1) is 9.04. The highest BCUT2D eigenvalue weighted by Crippen LogP contribution is 2.42. The maximum atomic E-state index is 11.4. The monoisotopic (exact) mass is 182 g/mol. The highest BCUT2D eigenvalue weighted by atomic mass is 16.5. The summed E-state index contributed by atoms with van der Waals surface area (Å²) in [5.74, 6) is 1.87. The second-order valence-corrected chi connectivity index (χ2v) is 4.59. The third-order valence-corrected chi connectivity index (χ3v) is 3.66. The molecule has 0 aliphatic heterocycles. The lowest BCUT2D eigenvalue weighted by Gasteiger charge is -2.37. The average molecular weight is 182 g/mol. The second-order valence-electron chi connectivity index (χ2n) is 4.59. The minimum Gasteiger partial charge on any atom is -0.469 e. The summed E-state index contributed by atoms with van der Waals surface area (Å²) in [6.45, 7) is 0. The lowest BCUT2D eigenvalue weighted by molar-refractivity contribution is -0.148. The molecule has 0 radical (unpaired) electrons. The molecular formula is C11H18O2. The van der Waals surface area contributed by atoms with Crippen LogP contribution in [0.5, 0.6) is 0 Å². The molecule has 0 amide bonds. The van der Waals surface area contributed by atoms with Crippen LogP contribution in [0, 0.1) is 17.8 Å². The van der Waals surface area contributed by atoms with E-state index in [-0.39, 0.29) is 11.9 Å². The van der Waals surface area contributed by atoms with Gasteiger partial charge in [0, 0.05) is 0 Å². The Hall–Kier alpha value is -0.530. The van der Waals surface area contributed by atoms with Crippen molar-refractivity contribution in [1.82, 2.24) is 0 Å². The number of carbonyl (C=O) groups is 1. The Morgan fingerprint density at radius 1 is 1.15 bits per heavy atom. The molecule has 1 unspecified atom stereocenters. The Morgan fingerprint density at radius 2 is 1.77 bits per heavy atom. The van der Waals surface area contributed by atoms with Crippen LogP contribution in [0.25, 0.3) is 0 Å². The van der Waals surface area contributed by atoms with E-state index in [9.17, 15) is 4.79 Å². The first-order valence-corrected chi connectivity index (χ1v) is 5.37. The second kappa shape index (κ2) is 3.69. The molecule has 0 aromatic rings. The van der Waals surface area contributed by atoms with Gasteiger partial charge in [-0.2, -0.15) is 0 Å². The Morgan fingerprint density at radius 3 is 2.31 bits per heavy atom. The summed E-state index contributed by atoms with van der Waals surface area (Å²) < 4.78 is 4.82. The van der Waals surface area contributed by atoms with E-state index in [1.54, 1.807) is 0 Å². The summed E-state index contributed by atoms with van der Waals surface area (Å²) in [5, 5.41) is 0. The Kier molecular flexibility index (Phi) is 2.56. The van der Waals surface area contributed by atoms with E-state index in [0.717, 1.165) is 24.7 Å². The first-order chi connectivity index (χ1) is 6.29. The van der Waals surface area contributed by atoms with Crippen LogP contribution in [0.15, 0.2) is 0 Å². The molecule has 2 aliphatic rings. The van der Waals surface area contributed by atoms with Gasteiger partial charge in [-0.1, -0.05) is 19.3 Å². The normalized spacial score (nSPS) is 38.4. The molecule has 2 heteroatoms. The van der Waals surface area contributed by atoms with Crippen molar-refractivity contribution in [3.8, 4) is 0 Å². The van der Waals surface area contributed by atoms with Gasteiger partial charge in [-0.3, -0.25) is 4.79 Å². The van der Waals surface area contributed by atoms with Crippen molar-refractivity contribution in [2.45, 2.75) is 38.5 Å². The van der Waals surface area contributed by atoms with Crippen molar-refractivity contribution in [2.24, 2.45) is 17.8 Å². The van der Waals surface area contributed by atoms with E-state index in [1.165, 1.54) is 32.8 Å². The topological polar surface area (TPSA) is 26.3 Å². The minimum absolute atomic E-state index is 0.0246. The molecule has 3 atom stereocenters. The molecule has 2 aliphatic carbocycles. The maximum Gasteiger partial charge on any atom is 0.308 e. The third kappa shape index (κ3) is 1.87. The van der Waals surface area contributed by atoms with Crippen LogP contribution in [-0.2, 0) is 9.53 Å². The molecule has 74 valence electrons. The molecule has 0 N–H and O–H groups in total. The zero-order valence-corrected chi connectivity index (χ0v) is 8.29. The molecule has 0 spiro atoms. The van der Waals surface area contributed by atoms with Crippen LogP contribution in [0.1, 0.15) is 38.5 Å². The van der Waals surface area contributed by atoms with Crippen molar-refractivity contribution in [3.63, 3.8) is 0 Å². The number of methoxy groups -OCH3 is 1. The molecule has 0 saturated heterocycles. The molecule has 0 aromatic carbocycles.